The highest BCUT2D eigenvalue weighted by atomic mass is 16.6. The standard InChI is InChI=1S/C11H12N2O6/c12-4-6-5-18-9-2-1-8(13(16)17)7(3-10(14)15)11(9)19-6/h1-2,6H,3-5,12H2,(H,14,15). The molecule has 0 bridgehead atoms. The topological polar surface area (TPSA) is 125 Å². The van der Waals surface area contributed by atoms with Crippen LogP contribution in [0.4, 0.5) is 5.69 Å². The van der Waals surface area contributed by atoms with Crippen LogP contribution >= 0.6 is 0 Å². The van der Waals surface area contributed by atoms with E-state index in [2.05, 4.69) is 0 Å². The van der Waals surface area contributed by atoms with Crippen molar-refractivity contribution in [1.29, 1.82) is 0 Å². The van der Waals surface area contributed by atoms with E-state index in [4.69, 9.17) is 20.3 Å². The van der Waals surface area contributed by atoms with Gasteiger partial charge in [0.2, 0.25) is 0 Å². The van der Waals surface area contributed by atoms with Crippen LogP contribution < -0.4 is 15.2 Å². The molecule has 0 radical (unpaired) electrons. The molecule has 0 saturated carbocycles. The molecule has 1 heterocycles. The van der Waals surface area contributed by atoms with Gasteiger partial charge in [0.1, 0.15) is 12.7 Å². The third-order valence-electron chi connectivity index (χ3n) is 2.70. The van der Waals surface area contributed by atoms with Gasteiger partial charge in [-0.05, 0) is 6.07 Å². The van der Waals surface area contributed by atoms with Crippen molar-refractivity contribution in [3.05, 3.63) is 27.8 Å². The lowest BCUT2D eigenvalue weighted by atomic mass is 10.1. The van der Waals surface area contributed by atoms with E-state index in [-0.39, 0.29) is 30.2 Å². The van der Waals surface area contributed by atoms with Crippen LogP contribution in [-0.4, -0.2) is 35.3 Å². The predicted molar refractivity (Wildman–Crippen MR) is 63.4 cm³/mol. The molecule has 2 rings (SSSR count). The van der Waals surface area contributed by atoms with Crippen LogP contribution in [0.5, 0.6) is 11.5 Å². The maximum absolute atomic E-state index is 10.9. The molecule has 8 nitrogen and oxygen atoms in total. The Kier molecular flexibility index (Phi) is 3.52. The van der Waals surface area contributed by atoms with Gasteiger partial charge in [-0.2, -0.15) is 0 Å². The summed E-state index contributed by atoms with van der Waals surface area (Å²) < 4.78 is 10.8. The number of nitrogens with two attached hydrogens (primary N) is 1. The van der Waals surface area contributed by atoms with Crippen molar-refractivity contribution in [3.63, 3.8) is 0 Å². The van der Waals surface area contributed by atoms with E-state index in [0.29, 0.717) is 5.75 Å². The van der Waals surface area contributed by atoms with Gasteiger partial charge in [0.05, 0.1) is 16.9 Å². The Morgan fingerprint density at radius 3 is 2.89 bits per heavy atom. The van der Waals surface area contributed by atoms with Crippen LogP contribution in [0, 0.1) is 10.1 Å². The molecular formula is C11H12N2O6. The van der Waals surface area contributed by atoms with E-state index in [9.17, 15) is 14.9 Å². The van der Waals surface area contributed by atoms with E-state index in [1.54, 1.807) is 0 Å². The minimum atomic E-state index is -1.19. The Morgan fingerprint density at radius 2 is 2.32 bits per heavy atom. The number of carboxylic acid groups (broad SMARTS) is 1. The van der Waals surface area contributed by atoms with Gasteiger partial charge < -0.3 is 20.3 Å². The number of nitro groups is 1. The minimum absolute atomic E-state index is 0.00634. The van der Waals surface area contributed by atoms with E-state index >= 15 is 0 Å². The molecule has 1 aliphatic rings. The Labute approximate surface area is 107 Å². The quantitative estimate of drug-likeness (QED) is 0.595. The monoisotopic (exact) mass is 268 g/mol. The Bertz CT molecular complexity index is 530. The van der Waals surface area contributed by atoms with E-state index < -0.39 is 23.4 Å². The highest BCUT2D eigenvalue weighted by Gasteiger charge is 2.29. The lowest BCUT2D eigenvalue weighted by molar-refractivity contribution is -0.385. The van der Waals surface area contributed by atoms with E-state index in [1.165, 1.54) is 12.1 Å². The molecule has 1 unspecified atom stereocenters. The summed E-state index contributed by atoms with van der Waals surface area (Å²) in [5.74, 6) is -0.792. The van der Waals surface area contributed by atoms with Gasteiger partial charge in [0.25, 0.3) is 5.69 Å². The van der Waals surface area contributed by atoms with Crippen LogP contribution in [-0.2, 0) is 11.2 Å². The van der Waals surface area contributed by atoms with Crippen molar-refractivity contribution in [2.75, 3.05) is 13.2 Å². The Hall–Kier alpha value is -2.35. The fourth-order valence-corrected chi connectivity index (χ4v) is 1.83. The number of hydrogen-bond donors (Lipinski definition) is 2. The summed E-state index contributed by atoms with van der Waals surface area (Å²) in [6, 6.07) is 2.61. The number of ether oxygens (including phenoxy) is 2. The number of carboxylic acids is 1. The number of fused-ring (bicyclic) bond motifs is 1. The SMILES string of the molecule is NCC1COc2ccc([N+](=O)[O-])c(CC(=O)O)c2O1. The maximum atomic E-state index is 10.9. The number of nitro benzene ring substituents is 1. The first-order valence-electron chi connectivity index (χ1n) is 5.54. The predicted octanol–water partition coefficient (Wildman–Crippen LogP) is 0.320. The number of rotatable bonds is 4. The third-order valence-corrected chi connectivity index (χ3v) is 2.70. The van der Waals surface area contributed by atoms with Crippen molar-refractivity contribution >= 4 is 11.7 Å². The van der Waals surface area contributed by atoms with Crippen molar-refractivity contribution < 1.29 is 24.3 Å². The maximum Gasteiger partial charge on any atom is 0.308 e. The molecule has 0 fully saturated rings. The molecule has 3 N–H and O–H groups in total. The number of benzene rings is 1. The van der Waals surface area contributed by atoms with Crippen LogP contribution in [0.2, 0.25) is 0 Å². The van der Waals surface area contributed by atoms with Gasteiger partial charge in [-0.3, -0.25) is 14.9 Å². The van der Waals surface area contributed by atoms with Crippen LogP contribution in [0.15, 0.2) is 12.1 Å². The summed E-state index contributed by atoms with van der Waals surface area (Å²) >= 11 is 0. The summed E-state index contributed by atoms with van der Waals surface area (Å²) in [5, 5.41) is 19.8. The fraction of sp³-hybridized carbons (Fsp3) is 0.364. The summed E-state index contributed by atoms with van der Waals surface area (Å²) in [6.07, 6.45) is -0.956. The number of carbonyl (C=O) groups is 1. The van der Waals surface area contributed by atoms with Gasteiger partial charge in [-0.15, -0.1) is 0 Å². The van der Waals surface area contributed by atoms with E-state index in [0.717, 1.165) is 0 Å². The van der Waals surface area contributed by atoms with Crippen LogP contribution in [0.1, 0.15) is 5.56 Å². The molecular weight excluding hydrogens is 256 g/mol. The average molecular weight is 268 g/mol. The van der Waals surface area contributed by atoms with Crippen molar-refractivity contribution in [2.24, 2.45) is 5.73 Å². The second kappa shape index (κ2) is 5.11. The van der Waals surface area contributed by atoms with Gasteiger partial charge in [-0.25, -0.2) is 0 Å². The van der Waals surface area contributed by atoms with Crippen molar-refractivity contribution in [3.8, 4) is 11.5 Å². The summed E-state index contributed by atoms with van der Waals surface area (Å²) in [4.78, 5) is 21.1. The minimum Gasteiger partial charge on any atom is -0.486 e. The largest absolute Gasteiger partial charge is 0.486 e. The zero-order chi connectivity index (χ0) is 14.0. The van der Waals surface area contributed by atoms with Gasteiger partial charge >= 0.3 is 5.97 Å². The molecule has 19 heavy (non-hydrogen) atoms. The zero-order valence-electron chi connectivity index (χ0n) is 9.87. The van der Waals surface area contributed by atoms with E-state index in [1.807, 2.05) is 0 Å². The third kappa shape index (κ3) is 2.58. The first-order valence-corrected chi connectivity index (χ1v) is 5.54. The first-order chi connectivity index (χ1) is 9.02. The van der Waals surface area contributed by atoms with Gasteiger partial charge in [0.15, 0.2) is 11.5 Å². The smallest absolute Gasteiger partial charge is 0.308 e. The second-order valence-corrected chi connectivity index (χ2v) is 4.00. The molecule has 0 aromatic heterocycles. The molecule has 1 aromatic carbocycles. The Balaban J connectivity index is 2.51. The second-order valence-electron chi connectivity index (χ2n) is 4.00. The molecule has 0 aliphatic carbocycles. The highest BCUT2D eigenvalue weighted by Crippen LogP contribution is 2.40. The fourth-order valence-electron chi connectivity index (χ4n) is 1.83. The number of nitrogens with zero attached hydrogens (tertiary/aromatic N) is 1. The van der Waals surface area contributed by atoms with Crippen molar-refractivity contribution in [2.45, 2.75) is 12.5 Å². The molecule has 8 heteroatoms. The molecule has 0 spiro atoms. The molecule has 1 aliphatic heterocycles. The molecule has 1 atom stereocenters. The van der Waals surface area contributed by atoms with Crippen LogP contribution in [0.25, 0.3) is 0 Å². The highest BCUT2D eigenvalue weighted by molar-refractivity contribution is 5.75. The molecule has 1 aromatic rings. The van der Waals surface area contributed by atoms with Gasteiger partial charge in [-0.1, -0.05) is 0 Å². The van der Waals surface area contributed by atoms with Gasteiger partial charge in [0, 0.05) is 12.6 Å². The summed E-state index contributed by atoms with van der Waals surface area (Å²) in [5.41, 5.74) is 5.14. The lowest BCUT2D eigenvalue weighted by Crippen LogP contribution is -2.36. The number of aliphatic carboxylic acids is 1. The summed E-state index contributed by atoms with van der Waals surface area (Å²) in [7, 11) is 0. The normalized spacial score (nSPS) is 17.0. The summed E-state index contributed by atoms with van der Waals surface area (Å²) in [6.45, 7) is 0.405. The molecule has 0 saturated heterocycles. The number of hydrogen-bond acceptors (Lipinski definition) is 6. The Morgan fingerprint density at radius 1 is 1.58 bits per heavy atom. The van der Waals surface area contributed by atoms with Crippen LogP contribution in [0.3, 0.4) is 0 Å². The zero-order valence-corrected chi connectivity index (χ0v) is 9.87. The molecule has 0 amide bonds. The van der Waals surface area contributed by atoms with Crippen molar-refractivity contribution in [1.82, 2.24) is 0 Å². The lowest BCUT2D eigenvalue weighted by Gasteiger charge is -2.26. The average Bonchev–Trinajstić information content (AvgIpc) is 2.37. The molecule has 102 valence electrons. The first kappa shape index (κ1) is 13.1.